The minimum Gasteiger partial charge on any atom is -0.334 e. The molecule has 0 spiro atoms. The molecule has 7 rings (SSSR count). The monoisotopic (exact) mass is 442 g/mol. The molecule has 0 fully saturated rings. The van der Waals surface area contributed by atoms with Gasteiger partial charge in [-0.15, -0.1) is 0 Å². The van der Waals surface area contributed by atoms with Gasteiger partial charge in [-0.2, -0.15) is 0 Å². The summed E-state index contributed by atoms with van der Waals surface area (Å²) in [7, 11) is 0. The Balaban J connectivity index is 1.72. The molecule has 4 nitrogen and oxygen atoms in total. The molecule has 0 N–H and O–H groups in total. The van der Waals surface area contributed by atoms with Gasteiger partial charge < -0.3 is 4.57 Å². The highest BCUT2D eigenvalue weighted by Crippen LogP contribution is 2.40. The standard InChI is InChI=1S/C29H19FN4/c30-22-14-6-4-12-20(22)26-28-25(27-29(32-26)33-17-9-8-16-24(33)31-27)21-13-5-7-15-23(21)34(28)18-19-10-2-1-3-11-19/h1-17H,18H2. The molecule has 0 aliphatic rings. The molecule has 0 saturated carbocycles. The normalized spacial score (nSPS) is 11.8. The van der Waals surface area contributed by atoms with Crippen LogP contribution in [0.4, 0.5) is 4.39 Å². The van der Waals surface area contributed by atoms with Crippen LogP contribution in [0.3, 0.4) is 0 Å². The van der Waals surface area contributed by atoms with Crippen LogP contribution < -0.4 is 0 Å². The van der Waals surface area contributed by atoms with E-state index in [-0.39, 0.29) is 5.82 Å². The first kappa shape index (κ1) is 19.0. The van der Waals surface area contributed by atoms with Crippen molar-refractivity contribution in [3.05, 3.63) is 115 Å². The minimum atomic E-state index is -0.291. The smallest absolute Gasteiger partial charge is 0.165 e. The quantitative estimate of drug-likeness (QED) is 0.300. The molecular formula is C29H19FN4. The van der Waals surface area contributed by atoms with Crippen LogP contribution in [0.5, 0.6) is 0 Å². The summed E-state index contributed by atoms with van der Waals surface area (Å²) in [4.78, 5) is 10.0. The molecule has 0 radical (unpaired) electrons. The number of aromatic nitrogens is 4. The van der Waals surface area contributed by atoms with Crippen LogP contribution in [0.25, 0.3) is 49.9 Å². The van der Waals surface area contributed by atoms with Crippen LogP contribution in [0, 0.1) is 5.82 Å². The highest BCUT2D eigenvalue weighted by molar-refractivity contribution is 6.21. The van der Waals surface area contributed by atoms with Crippen molar-refractivity contribution in [2.24, 2.45) is 0 Å². The van der Waals surface area contributed by atoms with E-state index in [1.165, 1.54) is 11.6 Å². The zero-order valence-electron chi connectivity index (χ0n) is 18.2. The largest absolute Gasteiger partial charge is 0.334 e. The Hall–Kier alpha value is -4.51. The zero-order chi connectivity index (χ0) is 22.6. The fraction of sp³-hybridized carbons (Fsp3) is 0.0345. The van der Waals surface area contributed by atoms with Gasteiger partial charge >= 0.3 is 0 Å². The van der Waals surface area contributed by atoms with Crippen LogP contribution in [-0.4, -0.2) is 18.9 Å². The molecule has 4 aromatic heterocycles. The Labute approximate surface area is 194 Å². The number of benzene rings is 3. The topological polar surface area (TPSA) is 35.1 Å². The number of hydrogen-bond donors (Lipinski definition) is 0. The van der Waals surface area contributed by atoms with E-state index >= 15 is 4.39 Å². The van der Waals surface area contributed by atoms with E-state index < -0.39 is 0 Å². The molecule has 4 heterocycles. The van der Waals surface area contributed by atoms with Gasteiger partial charge in [0.2, 0.25) is 0 Å². The SMILES string of the molecule is Fc1ccccc1-c1nc2c(nc3ccccn32)c2c3ccccc3n(Cc3ccccc3)c12. The Morgan fingerprint density at radius 1 is 0.735 bits per heavy atom. The number of hydrogen-bond acceptors (Lipinski definition) is 2. The van der Waals surface area contributed by atoms with Crippen molar-refractivity contribution in [2.75, 3.05) is 0 Å². The van der Waals surface area contributed by atoms with Crippen molar-refractivity contribution in [3.63, 3.8) is 0 Å². The Kier molecular flexibility index (Phi) is 4.05. The molecule has 0 aliphatic heterocycles. The first-order valence-corrected chi connectivity index (χ1v) is 11.3. The zero-order valence-corrected chi connectivity index (χ0v) is 18.2. The molecule has 34 heavy (non-hydrogen) atoms. The fourth-order valence-corrected chi connectivity index (χ4v) is 4.98. The lowest BCUT2D eigenvalue weighted by atomic mass is 10.1. The summed E-state index contributed by atoms with van der Waals surface area (Å²) in [6.45, 7) is 0.646. The Morgan fingerprint density at radius 2 is 1.50 bits per heavy atom. The maximum atomic E-state index is 15.2. The molecule has 5 heteroatoms. The first-order chi connectivity index (χ1) is 16.8. The Bertz CT molecular complexity index is 1850. The van der Waals surface area contributed by atoms with Gasteiger partial charge in [0.05, 0.1) is 5.52 Å². The maximum absolute atomic E-state index is 15.2. The van der Waals surface area contributed by atoms with Crippen molar-refractivity contribution >= 4 is 38.6 Å². The van der Waals surface area contributed by atoms with E-state index in [1.807, 2.05) is 65.2 Å². The second-order valence-corrected chi connectivity index (χ2v) is 8.47. The molecule has 0 amide bonds. The lowest BCUT2D eigenvalue weighted by Crippen LogP contribution is -2.02. The van der Waals surface area contributed by atoms with Crippen LogP contribution >= 0.6 is 0 Å². The van der Waals surface area contributed by atoms with Gasteiger partial charge in [-0.25, -0.2) is 14.4 Å². The molecule has 0 unspecified atom stereocenters. The van der Waals surface area contributed by atoms with Gasteiger partial charge in [0.15, 0.2) is 5.65 Å². The van der Waals surface area contributed by atoms with Crippen LogP contribution in [0.2, 0.25) is 0 Å². The van der Waals surface area contributed by atoms with E-state index in [2.05, 4.69) is 28.8 Å². The highest BCUT2D eigenvalue weighted by Gasteiger charge is 2.23. The number of para-hydroxylation sites is 1. The van der Waals surface area contributed by atoms with E-state index in [4.69, 9.17) is 9.97 Å². The summed E-state index contributed by atoms with van der Waals surface area (Å²) in [5.41, 5.74) is 6.61. The minimum absolute atomic E-state index is 0.291. The predicted molar refractivity (Wildman–Crippen MR) is 134 cm³/mol. The predicted octanol–water partition coefficient (Wildman–Crippen LogP) is 6.84. The third kappa shape index (κ3) is 2.70. The van der Waals surface area contributed by atoms with Crippen LogP contribution in [0.15, 0.2) is 103 Å². The van der Waals surface area contributed by atoms with E-state index in [1.54, 1.807) is 12.1 Å². The van der Waals surface area contributed by atoms with Crippen molar-refractivity contribution in [2.45, 2.75) is 6.54 Å². The molecule has 0 saturated heterocycles. The number of pyridine rings is 2. The summed E-state index contributed by atoms with van der Waals surface area (Å²) >= 11 is 0. The Morgan fingerprint density at radius 3 is 2.38 bits per heavy atom. The van der Waals surface area contributed by atoms with Crippen molar-refractivity contribution in [1.82, 2.24) is 18.9 Å². The average molecular weight is 442 g/mol. The van der Waals surface area contributed by atoms with Gasteiger partial charge in [0.1, 0.15) is 22.7 Å². The lowest BCUT2D eigenvalue weighted by Gasteiger charge is -2.12. The van der Waals surface area contributed by atoms with Gasteiger partial charge in [0.25, 0.3) is 0 Å². The molecule has 0 aliphatic carbocycles. The van der Waals surface area contributed by atoms with E-state index in [0.717, 1.165) is 38.6 Å². The van der Waals surface area contributed by atoms with E-state index in [9.17, 15) is 0 Å². The second-order valence-electron chi connectivity index (χ2n) is 8.47. The maximum Gasteiger partial charge on any atom is 0.165 e. The fourth-order valence-electron chi connectivity index (χ4n) is 4.98. The highest BCUT2D eigenvalue weighted by atomic mass is 19.1. The van der Waals surface area contributed by atoms with E-state index in [0.29, 0.717) is 17.8 Å². The van der Waals surface area contributed by atoms with Crippen molar-refractivity contribution in [1.29, 1.82) is 0 Å². The number of halogens is 1. The van der Waals surface area contributed by atoms with Crippen LogP contribution in [0.1, 0.15) is 5.56 Å². The summed E-state index contributed by atoms with van der Waals surface area (Å²) in [6, 6.07) is 31.4. The summed E-state index contributed by atoms with van der Waals surface area (Å²) < 4.78 is 19.4. The van der Waals surface area contributed by atoms with Crippen molar-refractivity contribution < 1.29 is 4.39 Å². The third-order valence-corrected chi connectivity index (χ3v) is 6.47. The first-order valence-electron chi connectivity index (χ1n) is 11.3. The molecule has 0 bridgehead atoms. The number of imidazole rings is 1. The number of fused-ring (bicyclic) bond motifs is 7. The molecule has 7 aromatic rings. The summed E-state index contributed by atoms with van der Waals surface area (Å²) in [5, 5.41) is 2.08. The molecular weight excluding hydrogens is 423 g/mol. The molecule has 162 valence electrons. The molecule has 0 atom stereocenters. The third-order valence-electron chi connectivity index (χ3n) is 6.47. The summed E-state index contributed by atoms with van der Waals surface area (Å²) in [6.07, 6.45) is 1.96. The van der Waals surface area contributed by atoms with Crippen LogP contribution in [-0.2, 0) is 6.54 Å². The second kappa shape index (κ2) is 7.25. The average Bonchev–Trinajstić information content (AvgIpc) is 3.41. The van der Waals surface area contributed by atoms with Crippen molar-refractivity contribution in [3.8, 4) is 11.3 Å². The molecule has 3 aromatic carbocycles. The van der Waals surface area contributed by atoms with Gasteiger partial charge in [-0.1, -0.05) is 66.7 Å². The number of rotatable bonds is 3. The number of nitrogens with zero attached hydrogens (tertiary/aromatic N) is 4. The van der Waals surface area contributed by atoms with Gasteiger partial charge in [0, 0.05) is 34.6 Å². The van der Waals surface area contributed by atoms with Gasteiger partial charge in [-0.05, 0) is 35.9 Å². The van der Waals surface area contributed by atoms with Gasteiger partial charge in [-0.3, -0.25) is 4.40 Å². The summed E-state index contributed by atoms with van der Waals surface area (Å²) in [5.74, 6) is -0.291. The lowest BCUT2D eigenvalue weighted by molar-refractivity contribution is 0.631.